The van der Waals surface area contributed by atoms with Crippen LogP contribution in [-0.2, 0) is 9.53 Å². The van der Waals surface area contributed by atoms with Crippen LogP contribution in [0, 0.1) is 5.92 Å². The van der Waals surface area contributed by atoms with E-state index in [0.717, 1.165) is 45.5 Å². The number of amides is 1. The molecule has 2 saturated heterocycles. The van der Waals surface area contributed by atoms with Gasteiger partial charge in [0.25, 0.3) is 0 Å². The number of ether oxygens (including phenoxy) is 1. The molecular weight excluding hydrogens is 252 g/mol. The predicted octanol–water partition coefficient (Wildman–Crippen LogP) is 1.44. The number of likely N-dealkylation sites (tertiary alicyclic amines) is 1. The van der Waals surface area contributed by atoms with E-state index in [9.17, 15) is 4.79 Å². The van der Waals surface area contributed by atoms with Crippen molar-refractivity contribution in [3.05, 3.63) is 0 Å². The minimum atomic E-state index is 0. The van der Waals surface area contributed by atoms with Crippen LogP contribution in [0.2, 0.25) is 0 Å². The average Bonchev–Trinajstić information content (AvgIpc) is 2.40. The van der Waals surface area contributed by atoms with E-state index in [4.69, 9.17) is 4.74 Å². The normalized spacial score (nSPS) is 25.6. The van der Waals surface area contributed by atoms with Crippen molar-refractivity contribution in [3.8, 4) is 0 Å². The number of hydrogen-bond donors (Lipinski definition) is 1. The van der Waals surface area contributed by atoms with Gasteiger partial charge in [-0.05, 0) is 38.1 Å². The SMILES string of the molecule is COCC1CCN(C(=O)[C@@H]2CCCCN2)CC1.Cl. The van der Waals surface area contributed by atoms with E-state index in [1.54, 1.807) is 7.11 Å². The lowest BCUT2D eigenvalue weighted by Gasteiger charge is -2.35. The second-order valence-electron chi connectivity index (χ2n) is 5.23. The monoisotopic (exact) mass is 276 g/mol. The van der Waals surface area contributed by atoms with E-state index >= 15 is 0 Å². The first-order valence-corrected chi connectivity index (χ1v) is 6.82. The molecule has 2 heterocycles. The Morgan fingerprint density at radius 2 is 2.00 bits per heavy atom. The van der Waals surface area contributed by atoms with Crippen LogP contribution in [-0.4, -0.2) is 50.2 Å². The van der Waals surface area contributed by atoms with Crippen molar-refractivity contribution in [1.29, 1.82) is 0 Å². The zero-order chi connectivity index (χ0) is 12.1. The number of hydrogen-bond acceptors (Lipinski definition) is 3. The summed E-state index contributed by atoms with van der Waals surface area (Å²) in [6, 6.07) is 0.0859. The zero-order valence-electron chi connectivity index (χ0n) is 11.2. The Morgan fingerprint density at radius 1 is 1.28 bits per heavy atom. The van der Waals surface area contributed by atoms with Gasteiger partial charge in [-0.15, -0.1) is 12.4 Å². The van der Waals surface area contributed by atoms with E-state index < -0.39 is 0 Å². The lowest BCUT2D eigenvalue weighted by molar-refractivity contribution is -0.135. The molecule has 1 atom stereocenters. The number of nitrogens with zero attached hydrogens (tertiary/aromatic N) is 1. The molecule has 2 aliphatic rings. The molecule has 0 saturated carbocycles. The summed E-state index contributed by atoms with van der Waals surface area (Å²) in [6.45, 7) is 3.65. The van der Waals surface area contributed by atoms with Crippen LogP contribution in [0.5, 0.6) is 0 Å². The number of rotatable bonds is 3. The van der Waals surface area contributed by atoms with Gasteiger partial charge in [0.15, 0.2) is 0 Å². The van der Waals surface area contributed by atoms with Gasteiger partial charge in [-0.2, -0.15) is 0 Å². The highest BCUT2D eigenvalue weighted by atomic mass is 35.5. The molecule has 2 fully saturated rings. The van der Waals surface area contributed by atoms with Gasteiger partial charge in [0.2, 0.25) is 5.91 Å². The van der Waals surface area contributed by atoms with Gasteiger partial charge in [-0.25, -0.2) is 0 Å². The van der Waals surface area contributed by atoms with Crippen LogP contribution in [0.4, 0.5) is 0 Å². The fraction of sp³-hybridized carbons (Fsp3) is 0.923. The summed E-state index contributed by atoms with van der Waals surface area (Å²) >= 11 is 0. The van der Waals surface area contributed by atoms with E-state index in [1.165, 1.54) is 12.8 Å². The van der Waals surface area contributed by atoms with Gasteiger partial charge in [0.05, 0.1) is 6.04 Å². The van der Waals surface area contributed by atoms with E-state index in [2.05, 4.69) is 5.32 Å². The Labute approximate surface area is 116 Å². The molecule has 0 aromatic carbocycles. The van der Waals surface area contributed by atoms with Gasteiger partial charge < -0.3 is 15.0 Å². The maximum atomic E-state index is 12.2. The van der Waals surface area contributed by atoms with Crippen LogP contribution in [0.25, 0.3) is 0 Å². The summed E-state index contributed by atoms with van der Waals surface area (Å²) in [7, 11) is 1.75. The van der Waals surface area contributed by atoms with Crippen molar-refractivity contribution in [2.75, 3.05) is 33.4 Å². The van der Waals surface area contributed by atoms with Crippen molar-refractivity contribution in [2.45, 2.75) is 38.1 Å². The first kappa shape index (κ1) is 15.7. The molecule has 5 heteroatoms. The van der Waals surface area contributed by atoms with Crippen molar-refractivity contribution in [3.63, 3.8) is 0 Å². The minimum absolute atomic E-state index is 0. The number of halogens is 1. The second kappa shape index (κ2) is 7.97. The fourth-order valence-electron chi connectivity index (χ4n) is 2.84. The molecule has 106 valence electrons. The first-order chi connectivity index (χ1) is 8.31. The molecule has 2 aliphatic heterocycles. The highest BCUT2D eigenvalue weighted by molar-refractivity contribution is 5.85. The van der Waals surface area contributed by atoms with E-state index in [0.29, 0.717) is 11.8 Å². The molecule has 2 rings (SSSR count). The third-order valence-corrected chi connectivity index (χ3v) is 3.94. The molecule has 0 bridgehead atoms. The molecule has 18 heavy (non-hydrogen) atoms. The van der Waals surface area contributed by atoms with Crippen LogP contribution in [0.15, 0.2) is 0 Å². The quantitative estimate of drug-likeness (QED) is 0.848. The number of carbonyl (C=O) groups excluding carboxylic acids is 1. The second-order valence-corrected chi connectivity index (χ2v) is 5.23. The van der Waals surface area contributed by atoms with E-state index in [-0.39, 0.29) is 18.4 Å². The number of nitrogens with one attached hydrogen (secondary N) is 1. The van der Waals surface area contributed by atoms with Gasteiger partial charge in [0, 0.05) is 26.8 Å². The Morgan fingerprint density at radius 3 is 2.56 bits per heavy atom. The highest BCUT2D eigenvalue weighted by Gasteiger charge is 2.28. The summed E-state index contributed by atoms with van der Waals surface area (Å²) in [6.07, 6.45) is 5.58. The Balaban J connectivity index is 0.00000162. The maximum absolute atomic E-state index is 12.2. The van der Waals surface area contributed by atoms with Crippen LogP contribution in [0.3, 0.4) is 0 Å². The molecule has 0 aliphatic carbocycles. The van der Waals surface area contributed by atoms with Gasteiger partial charge in [-0.1, -0.05) is 6.42 Å². The topological polar surface area (TPSA) is 41.6 Å². The number of piperidine rings is 2. The fourth-order valence-corrected chi connectivity index (χ4v) is 2.84. The zero-order valence-corrected chi connectivity index (χ0v) is 12.0. The van der Waals surface area contributed by atoms with Crippen molar-refractivity contribution in [1.82, 2.24) is 10.2 Å². The predicted molar refractivity (Wildman–Crippen MR) is 74.1 cm³/mol. The van der Waals surface area contributed by atoms with Gasteiger partial charge >= 0.3 is 0 Å². The lowest BCUT2D eigenvalue weighted by atomic mass is 9.96. The van der Waals surface area contributed by atoms with E-state index in [1.807, 2.05) is 4.90 Å². The van der Waals surface area contributed by atoms with Crippen molar-refractivity contribution in [2.24, 2.45) is 5.92 Å². The minimum Gasteiger partial charge on any atom is -0.384 e. The molecule has 4 nitrogen and oxygen atoms in total. The molecule has 0 radical (unpaired) electrons. The summed E-state index contributed by atoms with van der Waals surface area (Å²) in [5.74, 6) is 0.962. The van der Waals surface area contributed by atoms with Crippen molar-refractivity contribution < 1.29 is 9.53 Å². The van der Waals surface area contributed by atoms with Crippen LogP contribution in [0.1, 0.15) is 32.1 Å². The highest BCUT2D eigenvalue weighted by Crippen LogP contribution is 2.19. The molecule has 0 spiro atoms. The van der Waals surface area contributed by atoms with Crippen LogP contribution >= 0.6 is 12.4 Å². The maximum Gasteiger partial charge on any atom is 0.239 e. The largest absolute Gasteiger partial charge is 0.384 e. The Bertz CT molecular complexity index is 249. The summed E-state index contributed by atoms with van der Waals surface area (Å²) in [4.78, 5) is 14.3. The smallest absolute Gasteiger partial charge is 0.239 e. The Hall–Kier alpha value is -0.320. The standard InChI is InChI=1S/C13H24N2O2.ClH/c1-17-10-11-5-8-15(9-6-11)13(16)12-4-2-3-7-14-12;/h11-12,14H,2-10H2,1H3;1H/t12-;/m0./s1. The molecule has 1 N–H and O–H groups in total. The molecular formula is C13H25ClN2O2. The van der Waals surface area contributed by atoms with Gasteiger partial charge in [0.1, 0.15) is 0 Å². The third kappa shape index (κ3) is 4.11. The summed E-state index contributed by atoms with van der Waals surface area (Å²) in [5.41, 5.74) is 0. The van der Waals surface area contributed by atoms with Gasteiger partial charge in [-0.3, -0.25) is 4.79 Å². The van der Waals surface area contributed by atoms with Crippen LogP contribution < -0.4 is 5.32 Å². The Kier molecular flexibility index (Phi) is 6.97. The molecule has 1 amide bonds. The summed E-state index contributed by atoms with van der Waals surface area (Å²) in [5, 5.41) is 3.34. The molecule has 0 aromatic heterocycles. The lowest BCUT2D eigenvalue weighted by Crippen LogP contribution is -2.50. The first-order valence-electron chi connectivity index (χ1n) is 6.82. The molecule has 0 aromatic rings. The molecule has 0 unspecified atom stereocenters. The average molecular weight is 277 g/mol. The summed E-state index contributed by atoms with van der Waals surface area (Å²) < 4.78 is 5.18. The van der Waals surface area contributed by atoms with Crippen molar-refractivity contribution >= 4 is 18.3 Å². The number of carbonyl (C=O) groups is 1. The third-order valence-electron chi connectivity index (χ3n) is 3.94. The number of methoxy groups -OCH3 is 1.